The summed E-state index contributed by atoms with van der Waals surface area (Å²) in [7, 11) is -3.71. The van der Waals surface area contributed by atoms with Crippen LogP contribution in [0, 0.1) is 5.82 Å². The van der Waals surface area contributed by atoms with E-state index in [-0.39, 0.29) is 11.7 Å². The van der Waals surface area contributed by atoms with E-state index < -0.39 is 33.4 Å². The number of halogens is 1. The molecule has 37 heavy (non-hydrogen) atoms. The van der Waals surface area contributed by atoms with Crippen LogP contribution in [0.4, 0.5) is 21.6 Å². The number of carbonyl (C=O) groups excluding carboxylic acids is 2. The van der Waals surface area contributed by atoms with Gasteiger partial charge in [-0.25, -0.2) is 17.8 Å². The monoisotopic (exact) mass is 523 g/mol. The van der Waals surface area contributed by atoms with Gasteiger partial charge < -0.3 is 20.4 Å². The predicted octanol–water partition coefficient (Wildman–Crippen LogP) is 2.53. The molecule has 2 N–H and O–H groups in total. The summed E-state index contributed by atoms with van der Waals surface area (Å²) in [6.45, 7) is 2.42. The lowest BCUT2D eigenvalue weighted by molar-refractivity contribution is -0.116. The standard InChI is InChI=1S/C26H26FN5O4S/c27-20-5-3-4-18(14-20)16-37(35,36)17-23-25(33)30-22-15-19(7-8-21(22)29-23)26(34)32-12-10-31(11-13-32)24-6-1-2-9-28-24/h1-9,14-15,23,29H,10-13,16-17H2,(H,30,33). The van der Waals surface area contributed by atoms with Crippen molar-refractivity contribution in [2.24, 2.45) is 0 Å². The van der Waals surface area contributed by atoms with Crippen LogP contribution in [-0.2, 0) is 20.4 Å². The maximum atomic E-state index is 13.4. The first-order valence-electron chi connectivity index (χ1n) is 11.9. The van der Waals surface area contributed by atoms with Crippen molar-refractivity contribution < 1.29 is 22.4 Å². The van der Waals surface area contributed by atoms with Gasteiger partial charge in [0.05, 0.1) is 22.9 Å². The number of amides is 2. The fourth-order valence-electron chi connectivity index (χ4n) is 4.55. The number of benzene rings is 2. The minimum Gasteiger partial charge on any atom is -0.371 e. The third-order valence-electron chi connectivity index (χ3n) is 6.41. The Morgan fingerprint density at radius 1 is 1.00 bits per heavy atom. The highest BCUT2D eigenvalue weighted by molar-refractivity contribution is 7.90. The van der Waals surface area contributed by atoms with Crippen LogP contribution in [0.25, 0.3) is 0 Å². The molecule has 5 rings (SSSR count). The second-order valence-corrected chi connectivity index (χ2v) is 11.2. The SMILES string of the molecule is O=C1Nc2cc(C(=O)N3CCN(c4ccccn4)CC3)ccc2NC1CS(=O)(=O)Cc1cccc(F)c1. The van der Waals surface area contributed by atoms with Gasteiger partial charge in [-0.2, -0.15) is 0 Å². The molecule has 11 heteroatoms. The molecule has 3 heterocycles. The van der Waals surface area contributed by atoms with Crippen molar-refractivity contribution in [3.63, 3.8) is 0 Å². The van der Waals surface area contributed by atoms with Gasteiger partial charge >= 0.3 is 0 Å². The number of aromatic nitrogens is 1. The minimum absolute atomic E-state index is 0.141. The fourth-order valence-corrected chi connectivity index (χ4v) is 6.10. The minimum atomic E-state index is -3.71. The lowest BCUT2D eigenvalue weighted by atomic mass is 10.1. The van der Waals surface area contributed by atoms with Gasteiger partial charge in [-0.05, 0) is 48.0 Å². The lowest BCUT2D eigenvalue weighted by Crippen LogP contribution is -2.49. The van der Waals surface area contributed by atoms with Crippen LogP contribution in [0.5, 0.6) is 0 Å². The summed E-state index contributed by atoms with van der Waals surface area (Å²) >= 11 is 0. The van der Waals surface area contributed by atoms with E-state index >= 15 is 0 Å². The number of nitrogens with zero attached hydrogens (tertiary/aromatic N) is 3. The molecule has 192 valence electrons. The summed E-state index contributed by atoms with van der Waals surface area (Å²) in [4.78, 5) is 34.1. The van der Waals surface area contributed by atoms with E-state index in [4.69, 9.17) is 0 Å². The molecule has 2 aliphatic heterocycles. The van der Waals surface area contributed by atoms with Crippen LogP contribution < -0.4 is 15.5 Å². The molecule has 0 saturated carbocycles. The van der Waals surface area contributed by atoms with E-state index in [0.29, 0.717) is 48.7 Å². The molecular weight excluding hydrogens is 497 g/mol. The van der Waals surface area contributed by atoms with Crippen molar-refractivity contribution in [1.29, 1.82) is 0 Å². The molecule has 1 atom stereocenters. The lowest BCUT2D eigenvalue weighted by Gasteiger charge is -2.35. The average Bonchev–Trinajstić information content (AvgIpc) is 2.88. The topological polar surface area (TPSA) is 112 Å². The third-order valence-corrected chi connectivity index (χ3v) is 8.02. The van der Waals surface area contributed by atoms with E-state index in [1.807, 2.05) is 18.2 Å². The Balaban J connectivity index is 1.22. The Morgan fingerprint density at radius 2 is 1.81 bits per heavy atom. The van der Waals surface area contributed by atoms with Gasteiger partial charge in [-0.15, -0.1) is 0 Å². The number of pyridine rings is 1. The van der Waals surface area contributed by atoms with Crippen LogP contribution in [0.1, 0.15) is 15.9 Å². The zero-order valence-corrected chi connectivity index (χ0v) is 20.7. The van der Waals surface area contributed by atoms with Crippen LogP contribution in [0.15, 0.2) is 66.9 Å². The zero-order chi connectivity index (χ0) is 26.0. The summed E-state index contributed by atoms with van der Waals surface area (Å²) in [6.07, 6.45) is 1.74. The van der Waals surface area contributed by atoms with E-state index in [2.05, 4.69) is 20.5 Å². The quantitative estimate of drug-likeness (QED) is 0.511. The maximum absolute atomic E-state index is 13.4. The van der Waals surface area contributed by atoms with E-state index in [0.717, 1.165) is 11.9 Å². The normalized spacial score (nSPS) is 17.5. The molecule has 0 bridgehead atoms. The smallest absolute Gasteiger partial charge is 0.254 e. The molecule has 1 unspecified atom stereocenters. The zero-order valence-electron chi connectivity index (χ0n) is 19.9. The summed E-state index contributed by atoms with van der Waals surface area (Å²) in [6, 6.07) is 15.0. The van der Waals surface area contributed by atoms with E-state index in [1.54, 1.807) is 29.3 Å². The number of hydrogen-bond acceptors (Lipinski definition) is 7. The molecule has 1 aromatic heterocycles. The van der Waals surface area contributed by atoms with Gasteiger partial charge in [-0.1, -0.05) is 18.2 Å². The number of piperazine rings is 1. The van der Waals surface area contributed by atoms with Gasteiger partial charge in [0.1, 0.15) is 17.7 Å². The summed E-state index contributed by atoms with van der Waals surface area (Å²) in [5, 5.41) is 5.69. The summed E-state index contributed by atoms with van der Waals surface area (Å²) < 4.78 is 38.8. The number of carbonyl (C=O) groups is 2. The molecule has 2 aromatic carbocycles. The van der Waals surface area contributed by atoms with Crippen molar-refractivity contribution in [3.05, 3.63) is 83.8 Å². The van der Waals surface area contributed by atoms with Gasteiger partial charge in [0.25, 0.3) is 5.91 Å². The van der Waals surface area contributed by atoms with Crippen LogP contribution in [0.3, 0.4) is 0 Å². The summed E-state index contributed by atoms with van der Waals surface area (Å²) in [5.74, 6) is -1.11. The Kier molecular flexibility index (Phi) is 6.79. The number of anilines is 3. The largest absolute Gasteiger partial charge is 0.371 e. The van der Waals surface area contributed by atoms with Crippen molar-refractivity contribution in [2.75, 3.05) is 47.5 Å². The first kappa shape index (κ1) is 24.7. The van der Waals surface area contributed by atoms with Gasteiger partial charge in [-0.3, -0.25) is 9.59 Å². The highest BCUT2D eigenvalue weighted by Gasteiger charge is 2.31. The third kappa shape index (κ3) is 5.72. The van der Waals surface area contributed by atoms with E-state index in [9.17, 15) is 22.4 Å². The molecule has 2 amide bonds. The molecule has 9 nitrogen and oxygen atoms in total. The van der Waals surface area contributed by atoms with Crippen LogP contribution in [0.2, 0.25) is 0 Å². The van der Waals surface area contributed by atoms with Crippen LogP contribution in [-0.4, -0.2) is 68.1 Å². The van der Waals surface area contributed by atoms with Crippen LogP contribution >= 0.6 is 0 Å². The molecule has 1 fully saturated rings. The first-order valence-corrected chi connectivity index (χ1v) is 13.7. The average molecular weight is 524 g/mol. The fraction of sp³-hybridized carbons (Fsp3) is 0.269. The van der Waals surface area contributed by atoms with Crippen molar-refractivity contribution in [3.8, 4) is 0 Å². The molecular formula is C26H26FN5O4S. The second-order valence-electron chi connectivity index (χ2n) is 9.10. The number of nitrogens with one attached hydrogen (secondary N) is 2. The maximum Gasteiger partial charge on any atom is 0.254 e. The van der Waals surface area contributed by atoms with Crippen molar-refractivity contribution in [2.45, 2.75) is 11.8 Å². The van der Waals surface area contributed by atoms with Crippen molar-refractivity contribution in [1.82, 2.24) is 9.88 Å². The summed E-state index contributed by atoms with van der Waals surface area (Å²) in [5.41, 5.74) is 1.70. The Labute approximate surface area is 214 Å². The molecule has 0 radical (unpaired) electrons. The molecule has 2 aliphatic rings. The first-order chi connectivity index (χ1) is 17.8. The van der Waals surface area contributed by atoms with Gasteiger partial charge in [0, 0.05) is 37.9 Å². The highest BCUT2D eigenvalue weighted by atomic mass is 32.2. The van der Waals surface area contributed by atoms with Crippen molar-refractivity contribution >= 4 is 38.8 Å². The number of sulfone groups is 1. The Morgan fingerprint density at radius 3 is 2.54 bits per heavy atom. The second kappa shape index (κ2) is 10.2. The highest BCUT2D eigenvalue weighted by Crippen LogP contribution is 2.29. The predicted molar refractivity (Wildman–Crippen MR) is 139 cm³/mol. The Hall–Kier alpha value is -3.99. The molecule has 3 aromatic rings. The van der Waals surface area contributed by atoms with E-state index in [1.165, 1.54) is 18.2 Å². The number of hydrogen-bond donors (Lipinski definition) is 2. The number of rotatable bonds is 6. The Bertz CT molecular complexity index is 1430. The molecule has 1 saturated heterocycles. The number of fused-ring (bicyclic) bond motifs is 1. The van der Waals surface area contributed by atoms with Gasteiger partial charge in [0.2, 0.25) is 5.91 Å². The molecule has 0 spiro atoms. The molecule has 0 aliphatic carbocycles. The van der Waals surface area contributed by atoms with Gasteiger partial charge in [0.15, 0.2) is 9.84 Å².